The van der Waals surface area contributed by atoms with Crippen LogP contribution < -0.4 is 5.32 Å². The third kappa shape index (κ3) is 5.65. The summed E-state index contributed by atoms with van der Waals surface area (Å²) in [6.07, 6.45) is 8.78. The van der Waals surface area contributed by atoms with Crippen molar-refractivity contribution >= 4 is 18.5 Å². The highest BCUT2D eigenvalue weighted by molar-refractivity contribution is 7.81. The van der Waals surface area contributed by atoms with E-state index in [2.05, 4.69) is 43.6 Å². The van der Waals surface area contributed by atoms with E-state index in [1.807, 2.05) is 0 Å². The highest BCUT2D eigenvalue weighted by atomic mass is 32.1. The van der Waals surface area contributed by atoms with E-state index in [0.717, 1.165) is 13.0 Å². The molecule has 1 heterocycles. The average Bonchev–Trinajstić information content (AvgIpc) is 2.41. The van der Waals surface area contributed by atoms with Crippen LogP contribution in [-0.2, 0) is 4.79 Å². The van der Waals surface area contributed by atoms with Gasteiger partial charge in [0.1, 0.15) is 0 Å². The van der Waals surface area contributed by atoms with Gasteiger partial charge in [0.15, 0.2) is 0 Å². The first-order chi connectivity index (χ1) is 9.60. The molecule has 0 aliphatic carbocycles. The van der Waals surface area contributed by atoms with Gasteiger partial charge in [-0.15, -0.1) is 0 Å². The zero-order chi connectivity index (χ0) is 15.0. The molecule has 1 aliphatic rings. The molecule has 1 amide bonds. The van der Waals surface area contributed by atoms with Crippen molar-refractivity contribution in [1.82, 2.24) is 10.2 Å². The number of nitrogens with zero attached hydrogens (tertiary/aromatic N) is 1. The Balaban J connectivity index is 2.41. The average molecular weight is 301 g/mol. The molecular formula is C16H32N2OS. The second kappa shape index (κ2) is 9.67. The lowest BCUT2D eigenvalue weighted by molar-refractivity contribution is -0.127. The molecule has 1 fully saturated rings. The number of rotatable bonds is 9. The predicted octanol–water partition coefficient (Wildman–Crippen LogP) is 3.24. The lowest BCUT2D eigenvalue weighted by Gasteiger charge is -2.43. The highest BCUT2D eigenvalue weighted by Crippen LogP contribution is 2.20. The molecule has 20 heavy (non-hydrogen) atoms. The molecule has 0 radical (unpaired) electrons. The van der Waals surface area contributed by atoms with Crippen LogP contribution in [0.4, 0.5) is 0 Å². The van der Waals surface area contributed by atoms with Gasteiger partial charge >= 0.3 is 0 Å². The Morgan fingerprint density at radius 2 is 1.90 bits per heavy atom. The number of hydrogen-bond donors (Lipinski definition) is 2. The van der Waals surface area contributed by atoms with E-state index in [0.29, 0.717) is 17.8 Å². The van der Waals surface area contributed by atoms with E-state index in [4.69, 9.17) is 0 Å². The fraction of sp³-hybridized carbons (Fsp3) is 0.938. The molecule has 1 saturated heterocycles. The first kappa shape index (κ1) is 17.8. The summed E-state index contributed by atoms with van der Waals surface area (Å²) in [6, 6.07) is 0.625. The zero-order valence-corrected chi connectivity index (χ0v) is 14.3. The van der Waals surface area contributed by atoms with Crippen molar-refractivity contribution in [3.8, 4) is 0 Å². The van der Waals surface area contributed by atoms with Crippen LogP contribution in [0.2, 0.25) is 0 Å². The van der Waals surface area contributed by atoms with Gasteiger partial charge in [-0.3, -0.25) is 9.69 Å². The molecule has 0 aromatic carbocycles. The molecule has 3 nitrogen and oxygen atoms in total. The summed E-state index contributed by atoms with van der Waals surface area (Å²) in [5.41, 5.74) is 0. The Hall–Kier alpha value is -0.220. The molecule has 3 atom stereocenters. The lowest BCUT2D eigenvalue weighted by atomic mass is 9.97. The summed E-state index contributed by atoms with van der Waals surface area (Å²) in [5.74, 6) is 0.174. The summed E-state index contributed by atoms with van der Waals surface area (Å²) in [4.78, 5) is 14.2. The van der Waals surface area contributed by atoms with Crippen LogP contribution >= 0.6 is 12.6 Å². The number of thiol groups is 1. The van der Waals surface area contributed by atoms with Crippen LogP contribution in [0, 0.1) is 0 Å². The van der Waals surface area contributed by atoms with E-state index in [9.17, 15) is 4.79 Å². The molecule has 118 valence electrons. The van der Waals surface area contributed by atoms with Gasteiger partial charge in [-0.2, -0.15) is 12.6 Å². The fourth-order valence-electron chi connectivity index (χ4n) is 3.19. The number of unbranched alkanes of at least 4 members (excludes halogenated alkanes) is 5. The van der Waals surface area contributed by atoms with E-state index < -0.39 is 0 Å². The van der Waals surface area contributed by atoms with E-state index in [-0.39, 0.29) is 11.9 Å². The Morgan fingerprint density at radius 3 is 2.50 bits per heavy atom. The maximum absolute atomic E-state index is 11.8. The van der Waals surface area contributed by atoms with Crippen molar-refractivity contribution in [3.63, 3.8) is 0 Å². The molecular weight excluding hydrogens is 268 g/mol. The lowest BCUT2D eigenvalue weighted by Crippen LogP contribution is -2.63. The quantitative estimate of drug-likeness (QED) is 0.506. The summed E-state index contributed by atoms with van der Waals surface area (Å²) >= 11 is 4.64. The SMILES string of the molecule is CCCCCCCCN1CC(=O)N[C@@H](CC)[C@H]1[C@H](C)S. The van der Waals surface area contributed by atoms with Crippen LogP contribution in [0.3, 0.4) is 0 Å². The van der Waals surface area contributed by atoms with Crippen molar-refractivity contribution in [3.05, 3.63) is 0 Å². The van der Waals surface area contributed by atoms with Gasteiger partial charge in [-0.1, -0.05) is 52.9 Å². The normalized spacial score (nSPS) is 25.5. The predicted molar refractivity (Wildman–Crippen MR) is 89.4 cm³/mol. The van der Waals surface area contributed by atoms with Crippen molar-refractivity contribution in [2.75, 3.05) is 13.1 Å². The molecule has 1 aliphatic heterocycles. The Kier molecular flexibility index (Phi) is 8.62. The minimum absolute atomic E-state index is 0.174. The van der Waals surface area contributed by atoms with Gasteiger partial charge in [0.05, 0.1) is 6.54 Å². The van der Waals surface area contributed by atoms with Gasteiger partial charge in [0.2, 0.25) is 5.91 Å². The molecule has 0 saturated carbocycles. The zero-order valence-electron chi connectivity index (χ0n) is 13.4. The van der Waals surface area contributed by atoms with E-state index in [1.165, 1.54) is 38.5 Å². The molecule has 0 unspecified atom stereocenters. The largest absolute Gasteiger partial charge is 0.351 e. The Labute approximate surface area is 130 Å². The minimum atomic E-state index is 0.174. The number of carbonyl (C=O) groups is 1. The van der Waals surface area contributed by atoms with Crippen LogP contribution in [0.5, 0.6) is 0 Å². The number of carbonyl (C=O) groups excluding carboxylic acids is 1. The van der Waals surface area contributed by atoms with Crippen molar-refractivity contribution < 1.29 is 4.79 Å². The molecule has 1 N–H and O–H groups in total. The topological polar surface area (TPSA) is 32.3 Å². The molecule has 4 heteroatoms. The molecule has 0 aromatic heterocycles. The van der Waals surface area contributed by atoms with Crippen LogP contribution in [0.1, 0.15) is 65.7 Å². The maximum Gasteiger partial charge on any atom is 0.234 e. The second-order valence-electron chi connectivity index (χ2n) is 6.05. The van der Waals surface area contributed by atoms with Gasteiger partial charge in [-0.25, -0.2) is 0 Å². The first-order valence-corrected chi connectivity index (χ1v) is 8.83. The molecule has 0 bridgehead atoms. The summed E-state index contributed by atoms with van der Waals surface area (Å²) in [5, 5.41) is 3.41. The number of nitrogens with one attached hydrogen (secondary N) is 1. The molecule has 0 spiro atoms. The number of piperazine rings is 1. The van der Waals surface area contributed by atoms with Gasteiger partial charge in [-0.05, 0) is 19.4 Å². The summed E-state index contributed by atoms with van der Waals surface area (Å²) < 4.78 is 0. The Morgan fingerprint density at radius 1 is 1.25 bits per heavy atom. The fourth-order valence-corrected chi connectivity index (χ4v) is 3.59. The molecule has 1 rings (SSSR count). The van der Waals surface area contributed by atoms with Crippen molar-refractivity contribution in [1.29, 1.82) is 0 Å². The summed E-state index contributed by atoms with van der Waals surface area (Å²) in [7, 11) is 0. The third-order valence-electron chi connectivity index (χ3n) is 4.26. The van der Waals surface area contributed by atoms with Crippen molar-refractivity contribution in [2.24, 2.45) is 0 Å². The van der Waals surface area contributed by atoms with Gasteiger partial charge in [0, 0.05) is 17.3 Å². The highest BCUT2D eigenvalue weighted by Gasteiger charge is 2.35. The third-order valence-corrected chi connectivity index (χ3v) is 4.57. The van der Waals surface area contributed by atoms with Gasteiger partial charge in [0.25, 0.3) is 0 Å². The Bertz CT molecular complexity index is 284. The molecule has 0 aromatic rings. The van der Waals surface area contributed by atoms with Gasteiger partial charge < -0.3 is 5.32 Å². The number of hydrogen-bond acceptors (Lipinski definition) is 3. The van der Waals surface area contributed by atoms with Crippen molar-refractivity contribution in [2.45, 2.75) is 83.1 Å². The second-order valence-corrected chi connectivity index (χ2v) is 6.87. The smallest absolute Gasteiger partial charge is 0.234 e. The summed E-state index contributed by atoms with van der Waals surface area (Å²) in [6.45, 7) is 8.10. The van der Waals surface area contributed by atoms with E-state index >= 15 is 0 Å². The van der Waals surface area contributed by atoms with E-state index in [1.54, 1.807) is 0 Å². The minimum Gasteiger partial charge on any atom is -0.351 e. The maximum atomic E-state index is 11.8. The van der Waals surface area contributed by atoms with Crippen LogP contribution in [-0.4, -0.2) is 41.2 Å². The van der Waals surface area contributed by atoms with Crippen LogP contribution in [0.15, 0.2) is 0 Å². The monoisotopic (exact) mass is 300 g/mol. The number of amides is 1. The van der Waals surface area contributed by atoms with Crippen LogP contribution in [0.25, 0.3) is 0 Å². The standard InChI is InChI=1S/C16H32N2OS/c1-4-6-7-8-9-10-11-18-12-15(19)17-14(5-2)16(18)13(3)20/h13-14,16,20H,4-12H2,1-3H3,(H,17,19)/t13-,14-,16+/m0/s1. The first-order valence-electron chi connectivity index (χ1n) is 8.31.